The SMILES string of the molecule is CC/C=C\C/C=C\C/C=C\C/C=C\C/C=C\C/C=C\CCCCCCCCCCCCC(=O)OCC(COC(=O)CCCCCCCCCCCC)OC(=O)CCCC/C=C\C/C=C\C/C=C\C/C=C\CC. The summed E-state index contributed by atoms with van der Waals surface area (Å²) in [6, 6.07) is 0. The molecule has 0 aromatic carbocycles. The van der Waals surface area contributed by atoms with Crippen molar-refractivity contribution < 1.29 is 28.6 Å². The largest absolute Gasteiger partial charge is 0.462 e. The highest BCUT2D eigenvalue weighted by Crippen LogP contribution is 2.15. The lowest BCUT2D eigenvalue weighted by atomic mass is 10.1. The number of carbonyl (C=O) groups is 3. The van der Waals surface area contributed by atoms with Crippen LogP contribution in [0.25, 0.3) is 0 Å². The second-order valence-electron chi connectivity index (χ2n) is 19.1. The maximum atomic E-state index is 12.8. The van der Waals surface area contributed by atoms with Crippen molar-refractivity contribution >= 4 is 17.9 Å². The van der Waals surface area contributed by atoms with E-state index in [1.165, 1.54) is 96.3 Å². The van der Waals surface area contributed by atoms with Gasteiger partial charge in [0.15, 0.2) is 6.10 Å². The van der Waals surface area contributed by atoms with Crippen molar-refractivity contribution in [3.05, 3.63) is 122 Å². The van der Waals surface area contributed by atoms with Crippen LogP contribution in [0.15, 0.2) is 122 Å². The molecular formula is C66H108O6. The highest BCUT2D eigenvalue weighted by Gasteiger charge is 2.19. The summed E-state index contributed by atoms with van der Waals surface area (Å²) in [5.41, 5.74) is 0. The van der Waals surface area contributed by atoms with Crippen molar-refractivity contribution in [1.29, 1.82) is 0 Å². The van der Waals surface area contributed by atoms with E-state index in [0.717, 1.165) is 116 Å². The van der Waals surface area contributed by atoms with E-state index >= 15 is 0 Å². The lowest BCUT2D eigenvalue weighted by molar-refractivity contribution is -0.167. The maximum Gasteiger partial charge on any atom is 0.306 e. The zero-order chi connectivity index (χ0) is 52.2. The van der Waals surface area contributed by atoms with Crippen LogP contribution in [0, 0.1) is 0 Å². The Bertz CT molecular complexity index is 1520. The Kier molecular flexibility index (Phi) is 55.9. The second-order valence-corrected chi connectivity index (χ2v) is 19.1. The van der Waals surface area contributed by atoms with Crippen LogP contribution < -0.4 is 0 Å². The van der Waals surface area contributed by atoms with E-state index in [4.69, 9.17) is 14.2 Å². The van der Waals surface area contributed by atoms with Crippen LogP contribution in [0.5, 0.6) is 0 Å². The molecule has 0 N–H and O–H groups in total. The van der Waals surface area contributed by atoms with E-state index in [1.54, 1.807) is 0 Å². The summed E-state index contributed by atoms with van der Waals surface area (Å²) in [5, 5.41) is 0. The average molecular weight is 998 g/mol. The Labute approximate surface area is 443 Å². The molecule has 0 aromatic rings. The number of unbranched alkanes of at least 4 members (excludes halogenated alkanes) is 21. The minimum absolute atomic E-state index is 0.0962. The third-order valence-electron chi connectivity index (χ3n) is 12.2. The lowest BCUT2D eigenvalue weighted by Gasteiger charge is -2.18. The molecule has 0 fully saturated rings. The summed E-state index contributed by atoms with van der Waals surface area (Å²) in [7, 11) is 0. The summed E-state index contributed by atoms with van der Waals surface area (Å²) in [4.78, 5) is 38.1. The zero-order valence-electron chi connectivity index (χ0n) is 46.7. The topological polar surface area (TPSA) is 78.9 Å². The first-order chi connectivity index (χ1) is 35.5. The minimum Gasteiger partial charge on any atom is -0.462 e. The smallest absolute Gasteiger partial charge is 0.306 e. The van der Waals surface area contributed by atoms with E-state index in [0.29, 0.717) is 19.3 Å². The fraction of sp³-hybridized carbons (Fsp3) is 0.652. The van der Waals surface area contributed by atoms with Gasteiger partial charge in [-0.2, -0.15) is 0 Å². The molecule has 408 valence electrons. The van der Waals surface area contributed by atoms with Crippen molar-refractivity contribution in [2.75, 3.05) is 13.2 Å². The standard InChI is InChI=1S/C66H108O6/c1-4-7-10-13-16-19-22-24-26-27-28-29-30-31-32-33-34-35-36-37-38-39-41-42-44-47-50-53-56-59-65(68)71-62-63(61-70-64(67)58-55-52-49-46-21-18-15-12-9-6-3)72-66(69)60-57-54-51-48-45-43-40-25-23-20-17-14-11-8-5-2/h7-8,10-11,16-17,19-20,24-26,28-29,31-32,34-35,40,45,48,63H,4-6,9,12-15,18,21-23,27,30,33,36-39,41-44,46-47,49-62H2,1-3H3/b10-7-,11-8-,19-16-,20-17-,26-24-,29-28-,32-31-,35-34-,40-25-,48-45-. The lowest BCUT2D eigenvalue weighted by Crippen LogP contribution is -2.30. The van der Waals surface area contributed by atoms with Gasteiger partial charge in [-0.05, 0) is 109 Å². The molecule has 1 atom stereocenters. The van der Waals surface area contributed by atoms with Crippen LogP contribution in [0.2, 0.25) is 0 Å². The van der Waals surface area contributed by atoms with Crippen molar-refractivity contribution in [2.24, 2.45) is 0 Å². The molecule has 0 heterocycles. The minimum atomic E-state index is -0.802. The quantitative estimate of drug-likeness (QED) is 0.0261. The van der Waals surface area contributed by atoms with Crippen LogP contribution in [-0.4, -0.2) is 37.2 Å². The molecule has 0 saturated carbocycles. The Hall–Kier alpha value is -4.19. The van der Waals surface area contributed by atoms with Crippen molar-refractivity contribution in [3.8, 4) is 0 Å². The van der Waals surface area contributed by atoms with Gasteiger partial charge in [0.25, 0.3) is 0 Å². The molecule has 0 radical (unpaired) electrons. The first-order valence-electron chi connectivity index (χ1n) is 29.5. The molecular weight excluding hydrogens is 889 g/mol. The Balaban J connectivity index is 4.27. The number of carbonyl (C=O) groups excluding carboxylic acids is 3. The van der Waals surface area contributed by atoms with E-state index < -0.39 is 6.10 Å². The molecule has 0 amide bonds. The Morgan fingerprint density at radius 3 is 0.875 bits per heavy atom. The van der Waals surface area contributed by atoms with Crippen LogP contribution in [0.4, 0.5) is 0 Å². The van der Waals surface area contributed by atoms with Crippen LogP contribution in [-0.2, 0) is 28.6 Å². The van der Waals surface area contributed by atoms with Gasteiger partial charge in [0.2, 0.25) is 0 Å². The van der Waals surface area contributed by atoms with Crippen LogP contribution >= 0.6 is 0 Å². The molecule has 0 rings (SSSR count). The third-order valence-corrected chi connectivity index (χ3v) is 12.2. The summed E-state index contributed by atoms with van der Waals surface area (Å²) in [6.07, 6.45) is 82.1. The van der Waals surface area contributed by atoms with Crippen molar-refractivity contribution in [1.82, 2.24) is 0 Å². The van der Waals surface area contributed by atoms with Gasteiger partial charge in [0.05, 0.1) is 0 Å². The molecule has 0 aliphatic heterocycles. The molecule has 6 heteroatoms. The van der Waals surface area contributed by atoms with E-state index in [9.17, 15) is 14.4 Å². The Morgan fingerprint density at radius 2 is 0.542 bits per heavy atom. The van der Waals surface area contributed by atoms with Crippen molar-refractivity contribution in [2.45, 2.75) is 264 Å². The highest BCUT2D eigenvalue weighted by atomic mass is 16.6. The monoisotopic (exact) mass is 997 g/mol. The zero-order valence-corrected chi connectivity index (χ0v) is 46.7. The van der Waals surface area contributed by atoms with Gasteiger partial charge in [-0.25, -0.2) is 0 Å². The summed E-state index contributed by atoms with van der Waals surface area (Å²) in [5.74, 6) is -0.945. The number of ether oxygens (including phenoxy) is 3. The number of hydrogen-bond donors (Lipinski definition) is 0. The molecule has 0 aliphatic rings. The molecule has 0 aromatic heterocycles. The molecule has 0 aliphatic carbocycles. The first kappa shape index (κ1) is 67.8. The van der Waals surface area contributed by atoms with Gasteiger partial charge in [-0.1, -0.05) is 251 Å². The molecule has 0 spiro atoms. The van der Waals surface area contributed by atoms with Crippen LogP contribution in [0.1, 0.15) is 258 Å². The second kappa shape index (κ2) is 59.4. The van der Waals surface area contributed by atoms with Gasteiger partial charge < -0.3 is 14.2 Å². The van der Waals surface area contributed by atoms with E-state index in [-0.39, 0.29) is 37.5 Å². The predicted molar refractivity (Wildman–Crippen MR) is 311 cm³/mol. The normalized spacial score (nSPS) is 13.0. The average Bonchev–Trinajstić information content (AvgIpc) is 3.38. The number of rotatable bonds is 52. The van der Waals surface area contributed by atoms with Gasteiger partial charge in [0, 0.05) is 19.3 Å². The highest BCUT2D eigenvalue weighted by molar-refractivity contribution is 5.71. The molecule has 0 saturated heterocycles. The maximum absolute atomic E-state index is 12.8. The summed E-state index contributed by atoms with van der Waals surface area (Å²) in [6.45, 7) is 6.36. The van der Waals surface area contributed by atoms with Gasteiger partial charge >= 0.3 is 17.9 Å². The summed E-state index contributed by atoms with van der Waals surface area (Å²) >= 11 is 0. The fourth-order valence-electron chi connectivity index (χ4n) is 7.85. The summed E-state index contributed by atoms with van der Waals surface area (Å²) < 4.78 is 16.8. The molecule has 6 nitrogen and oxygen atoms in total. The van der Waals surface area contributed by atoms with E-state index in [2.05, 4.69) is 142 Å². The fourth-order valence-corrected chi connectivity index (χ4v) is 7.85. The van der Waals surface area contributed by atoms with Crippen molar-refractivity contribution in [3.63, 3.8) is 0 Å². The van der Waals surface area contributed by atoms with Gasteiger partial charge in [-0.15, -0.1) is 0 Å². The number of esters is 3. The van der Waals surface area contributed by atoms with Crippen LogP contribution in [0.3, 0.4) is 0 Å². The molecule has 72 heavy (non-hydrogen) atoms. The van der Waals surface area contributed by atoms with E-state index in [1.807, 2.05) is 0 Å². The first-order valence-corrected chi connectivity index (χ1v) is 29.5. The number of allylic oxidation sites excluding steroid dienone is 20. The number of hydrogen-bond acceptors (Lipinski definition) is 6. The van der Waals surface area contributed by atoms with Gasteiger partial charge in [-0.3, -0.25) is 14.4 Å². The third kappa shape index (κ3) is 56.7. The van der Waals surface area contributed by atoms with Gasteiger partial charge in [0.1, 0.15) is 13.2 Å². The molecule has 1 unspecified atom stereocenters. The Morgan fingerprint density at radius 1 is 0.292 bits per heavy atom. The molecule has 0 bridgehead atoms. The predicted octanol–water partition coefficient (Wildman–Crippen LogP) is 20.0.